The van der Waals surface area contributed by atoms with Crippen molar-refractivity contribution in [3.05, 3.63) is 211 Å². The van der Waals surface area contributed by atoms with E-state index in [0.717, 1.165) is 0 Å². The molecule has 0 nitrogen and oxygen atoms in total. The highest BCUT2D eigenvalue weighted by molar-refractivity contribution is 6.33. The van der Waals surface area contributed by atoms with Gasteiger partial charge in [0, 0.05) is 0 Å². The molecule has 2 aliphatic rings. The minimum absolute atomic E-state index is 1.26. The van der Waals surface area contributed by atoms with E-state index in [4.69, 9.17) is 0 Å². The molecule has 0 saturated heterocycles. The fourth-order valence-electron chi connectivity index (χ4n) is 10.5. The quantitative estimate of drug-likeness (QED) is 0.127. The van der Waals surface area contributed by atoms with Crippen LogP contribution in [0, 0.1) is 48.7 Å². The second kappa shape index (κ2) is 9.76. The molecule has 0 aromatic heterocycles. The van der Waals surface area contributed by atoms with Crippen molar-refractivity contribution in [2.24, 2.45) is 0 Å². The minimum Gasteiger partial charge on any atom is -0.0622 e. The topological polar surface area (TPSA) is 0 Å². The number of hydrogen-bond donors (Lipinski definition) is 0. The van der Waals surface area contributed by atoms with Crippen molar-refractivity contribution < 1.29 is 0 Å². The van der Waals surface area contributed by atoms with Crippen LogP contribution < -0.4 is 0 Å². The first-order valence-corrected chi connectivity index (χ1v) is 18.7. The number of benzene rings is 11. The summed E-state index contributed by atoms with van der Waals surface area (Å²) in [6, 6.07) is 61.8. The van der Waals surface area contributed by atoms with Crippen LogP contribution in [0.3, 0.4) is 0 Å². The van der Waals surface area contributed by atoms with Gasteiger partial charge in [-0.2, -0.15) is 0 Å². The van der Waals surface area contributed by atoms with Gasteiger partial charge in [-0.15, -0.1) is 0 Å². The second-order valence-electron chi connectivity index (χ2n) is 15.1. The predicted molar refractivity (Wildman–Crippen MR) is 222 cm³/mol. The van der Waals surface area contributed by atoms with Crippen molar-refractivity contribution in [2.45, 2.75) is 6.92 Å². The molecular formula is C53H30. The molecule has 0 atom stereocenters. The normalized spacial score (nSPS) is 12.6. The molecule has 0 fully saturated rings. The fourth-order valence-corrected chi connectivity index (χ4v) is 10.5. The zero-order valence-corrected chi connectivity index (χ0v) is 29.1. The Hall–Kier alpha value is -6.76. The maximum absolute atomic E-state index is 2.47. The molecule has 0 spiro atoms. The van der Waals surface area contributed by atoms with Gasteiger partial charge in [-0.25, -0.2) is 0 Å². The largest absolute Gasteiger partial charge is 0.0622 e. The van der Waals surface area contributed by atoms with Crippen LogP contribution in [0.15, 0.2) is 164 Å². The van der Waals surface area contributed by atoms with Crippen molar-refractivity contribution in [1.29, 1.82) is 0 Å². The molecule has 0 heterocycles. The predicted octanol–water partition coefficient (Wildman–Crippen LogP) is 13.5. The molecular weight excluding hydrogens is 637 g/mol. The first kappa shape index (κ1) is 27.9. The van der Waals surface area contributed by atoms with Crippen molar-refractivity contribution in [2.75, 3.05) is 0 Å². The third kappa shape index (κ3) is 3.38. The lowest BCUT2D eigenvalue weighted by molar-refractivity contribution is 1.47. The van der Waals surface area contributed by atoms with Crippen LogP contribution in [0.5, 0.6) is 0 Å². The van der Waals surface area contributed by atoms with E-state index in [2.05, 4.69) is 171 Å². The van der Waals surface area contributed by atoms with E-state index < -0.39 is 0 Å². The van der Waals surface area contributed by atoms with Gasteiger partial charge in [-0.1, -0.05) is 152 Å². The Morgan fingerprint density at radius 1 is 0.264 bits per heavy atom. The lowest BCUT2D eigenvalue weighted by atomic mass is 9.88. The van der Waals surface area contributed by atoms with Gasteiger partial charge in [0.2, 0.25) is 0 Å². The van der Waals surface area contributed by atoms with Gasteiger partial charge in [0.15, 0.2) is 0 Å². The van der Waals surface area contributed by atoms with Crippen LogP contribution in [0.2, 0.25) is 0 Å². The van der Waals surface area contributed by atoms with Crippen LogP contribution in [-0.4, -0.2) is 0 Å². The molecule has 0 unspecified atom stereocenters. The average Bonchev–Trinajstić information content (AvgIpc) is 3.73. The Kier molecular flexibility index (Phi) is 5.14. The van der Waals surface area contributed by atoms with Crippen molar-refractivity contribution in [1.82, 2.24) is 0 Å². The van der Waals surface area contributed by atoms with Crippen molar-refractivity contribution >= 4 is 64.6 Å². The van der Waals surface area contributed by atoms with Crippen LogP contribution in [-0.2, 0) is 0 Å². The van der Waals surface area contributed by atoms with Gasteiger partial charge < -0.3 is 0 Å². The van der Waals surface area contributed by atoms with Crippen LogP contribution >= 0.6 is 0 Å². The van der Waals surface area contributed by atoms with Gasteiger partial charge >= 0.3 is 0 Å². The molecule has 13 rings (SSSR count). The Morgan fingerprint density at radius 2 is 0.717 bits per heavy atom. The molecule has 11 aromatic carbocycles. The van der Waals surface area contributed by atoms with Crippen LogP contribution in [0.25, 0.3) is 86.9 Å². The molecule has 0 amide bonds. The van der Waals surface area contributed by atoms with Crippen molar-refractivity contribution in [3.63, 3.8) is 0 Å². The van der Waals surface area contributed by atoms with Crippen LogP contribution in [0.4, 0.5) is 0 Å². The van der Waals surface area contributed by atoms with Gasteiger partial charge in [-0.3, -0.25) is 0 Å². The van der Waals surface area contributed by atoms with Gasteiger partial charge in [0.1, 0.15) is 0 Å². The van der Waals surface area contributed by atoms with Gasteiger partial charge in [0.05, 0.1) is 0 Å². The van der Waals surface area contributed by atoms with E-state index >= 15 is 0 Å². The number of hydrogen-bond acceptors (Lipinski definition) is 0. The summed E-state index contributed by atoms with van der Waals surface area (Å²) in [5, 5.41) is 27.1. The molecule has 0 saturated carbocycles. The number of aryl methyl sites for hydroxylation is 1. The minimum atomic E-state index is 1.26. The van der Waals surface area contributed by atoms with Crippen molar-refractivity contribution in [3.8, 4) is 22.3 Å². The summed E-state index contributed by atoms with van der Waals surface area (Å²) in [7, 11) is 0. The highest BCUT2D eigenvalue weighted by Gasteiger charge is 2.21. The SMILES string of the molecule is Cc1cccc2c(-c3ccccc3)cc3c(c12)=c1ccc2c4ccc5c6c(ccc(c7ccc=3c1c72)c64)=c1cc(-c2ccccc2)c2ccccc2c1=5. The maximum atomic E-state index is 2.47. The van der Waals surface area contributed by atoms with E-state index in [-0.39, 0.29) is 0 Å². The summed E-state index contributed by atoms with van der Waals surface area (Å²) in [6.45, 7) is 2.28. The standard InChI is InChI=1S/C53H30/c1-29-11-10-18-34-44(31-14-6-3-7-15-31)28-46-40-22-20-36-35-19-21-39-45-27-43(30-12-4-2-5-13-30)32-16-8-9-17-33(32)48(45)41-25-23-37(49(35)51(39)41)38-24-26-42(52(40)50(36)38)53(46)47(29)34/h2-28H,1H3. The maximum Gasteiger partial charge on any atom is -0.00136 e. The summed E-state index contributed by atoms with van der Waals surface area (Å²) in [5.41, 5.74) is 6.44. The molecule has 53 heavy (non-hydrogen) atoms. The third-order valence-electron chi connectivity index (χ3n) is 12.6. The Morgan fingerprint density at radius 3 is 1.30 bits per heavy atom. The molecule has 0 aliphatic heterocycles. The lowest BCUT2D eigenvalue weighted by Crippen LogP contribution is -1.89. The first-order chi connectivity index (χ1) is 26.2. The summed E-state index contributed by atoms with van der Waals surface area (Å²) in [4.78, 5) is 0. The van der Waals surface area contributed by atoms with Crippen LogP contribution in [0.1, 0.15) is 5.56 Å². The number of rotatable bonds is 2. The van der Waals surface area contributed by atoms with E-state index in [9.17, 15) is 0 Å². The summed E-state index contributed by atoms with van der Waals surface area (Å²) < 4.78 is 0. The van der Waals surface area contributed by atoms with E-state index in [0.29, 0.717) is 0 Å². The van der Waals surface area contributed by atoms with E-state index in [1.807, 2.05) is 0 Å². The molecule has 0 heteroatoms. The smallest absolute Gasteiger partial charge is 0.00136 e. The molecule has 11 aromatic rings. The summed E-state index contributed by atoms with van der Waals surface area (Å²) >= 11 is 0. The zero-order valence-electron chi connectivity index (χ0n) is 29.1. The summed E-state index contributed by atoms with van der Waals surface area (Å²) in [5.74, 6) is 0. The first-order valence-electron chi connectivity index (χ1n) is 18.7. The highest BCUT2D eigenvalue weighted by atomic mass is 14.2. The highest BCUT2D eigenvalue weighted by Crippen LogP contribution is 2.45. The Balaban J connectivity index is 1.23. The lowest BCUT2D eigenvalue weighted by Gasteiger charge is -2.14. The molecule has 2 aliphatic carbocycles. The Labute approximate surface area is 303 Å². The Bertz CT molecular complexity index is 3860. The molecule has 0 radical (unpaired) electrons. The number of fused-ring (bicyclic) bond motifs is 8. The molecule has 242 valence electrons. The van der Waals surface area contributed by atoms with Gasteiger partial charge in [-0.05, 0) is 153 Å². The van der Waals surface area contributed by atoms with Gasteiger partial charge in [0.25, 0.3) is 0 Å². The second-order valence-corrected chi connectivity index (χ2v) is 15.1. The average molecular weight is 667 g/mol. The van der Waals surface area contributed by atoms with E-state index in [1.54, 1.807) is 0 Å². The summed E-state index contributed by atoms with van der Waals surface area (Å²) in [6.07, 6.45) is 0. The fraction of sp³-hybridized carbons (Fsp3) is 0.0189. The molecule has 0 bridgehead atoms. The molecule has 0 N–H and O–H groups in total. The monoisotopic (exact) mass is 666 g/mol. The third-order valence-corrected chi connectivity index (χ3v) is 12.6. The zero-order chi connectivity index (χ0) is 34.5. The van der Waals surface area contributed by atoms with E-state index in [1.165, 1.54) is 134 Å².